The molecule has 5 rings (SSSR count). The first-order valence-corrected chi connectivity index (χ1v) is 13.7. The van der Waals surface area contributed by atoms with Gasteiger partial charge in [-0.3, -0.25) is 19.2 Å². The Balaban J connectivity index is 1.26. The van der Waals surface area contributed by atoms with E-state index in [9.17, 15) is 19.2 Å². The molecule has 3 fully saturated rings. The zero-order valence-corrected chi connectivity index (χ0v) is 22.8. The van der Waals surface area contributed by atoms with Gasteiger partial charge in [0.2, 0.25) is 5.91 Å². The Kier molecular flexibility index (Phi) is 7.74. The number of amides is 3. The van der Waals surface area contributed by atoms with E-state index >= 15 is 0 Å². The summed E-state index contributed by atoms with van der Waals surface area (Å²) in [6, 6.07) is 7.24. The van der Waals surface area contributed by atoms with Crippen LogP contribution in [-0.4, -0.2) is 103 Å². The van der Waals surface area contributed by atoms with Gasteiger partial charge in [-0.15, -0.1) is 0 Å². The van der Waals surface area contributed by atoms with E-state index in [2.05, 4.69) is 22.2 Å². The molecule has 1 aromatic heterocycles. The van der Waals surface area contributed by atoms with Crippen molar-refractivity contribution in [2.75, 3.05) is 51.2 Å². The minimum atomic E-state index is -0.764. The van der Waals surface area contributed by atoms with E-state index in [1.54, 1.807) is 28.0 Å². The molecule has 4 heterocycles. The maximum Gasteiger partial charge on any atom is 0.257 e. The summed E-state index contributed by atoms with van der Waals surface area (Å²) < 4.78 is 5.03. The topological polar surface area (TPSA) is 106 Å². The summed E-state index contributed by atoms with van der Waals surface area (Å²) in [7, 11) is 2.11. The number of furan rings is 1. The molecule has 0 aliphatic carbocycles. The van der Waals surface area contributed by atoms with Crippen LogP contribution >= 0.6 is 0 Å². The van der Waals surface area contributed by atoms with Crippen molar-refractivity contribution in [2.24, 2.45) is 5.92 Å². The highest BCUT2D eigenvalue weighted by atomic mass is 16.3. The summed E-state index contributed by atoms with van der Waals surface area (Å²) in [4.78, 5) is 60.6. The van der Waals surface area contributed by atoms with Crippen LogP contribution in [0.1, 0.15) is 47.4 Å². The monoisotopic (exact) mass is 535 g/mol. The second kappa shape index (κ2) is 11.2. The van der Waals surface area contributed by atoms with Gasteiger partial charge in [0.25, 0.3) is 11.8 Å². The van der Waals surface area contributed by atoms with E-state index in [-0.39, 0.29) is 42.0 Å². The number of rotatable bonds is 7. The number of hydrogen-bond donors (Lipinski definition) is 1. The van der Waals surface area contributed by atoms with Crippen molar-refractivity contribution in [1.82, 2.24) is 20.0 Å². The van der Waals surface area contributed by atoms with Crippen LogP contribution < -0.4 is 10.2 Å². The highest BCUT2D eigenvalue weighted by molar-refractivity contribution is 6.03. The lowest BCUT2D eigenvalue weighted by Gasteiger charge is -2.34. The molecule has 39 heavy (non-hydrogen) atoms. The highest BCUT2D eigenvalue weighted by Gasteiger charge is 2.52. The number of anilines is 1. The molecular weight excluding hydrogens is 498 g/mol. The molecule has 3 saturated heterocycles. The summed E-state index contributed by atoms with van der Waals surface area (Å²) in [6.07, 6.45) is 3.75. The van der Waals surface area contributed by atoms with Crippen molar-refractivity contribution < 1.29 is 23.6 Å². The molecule has 0 bridgehead atoms. The summed E-state index contributed by atoms with van der Waals surface area (Å²) in [5.74, 6) is -0.868. The molecule has 3 amide bonds. The number of fused-ring (bicyclic) bond motifs is 1. The first kappa shape index (κ1) is 26.9. The second-order valence-electron chi connectivity index (χ2n) is 11.2. The van der Waals surface area contributed by atoms with E-state index in [1.165, 1.54) is 12.5 Å². The molecule has 3 aliphatic rings. The molecule has 1 aromatic carbocycles. The van der Waals surface area contributed by atoms with Gasteiger partial charge in [0.15, 0.2) is 5.78 Å². The summed E-state index contributed by atoms with van der Waals surface area (Å²) >= 11 is 0. The molecule has 0 saturated carbocycles. The van der Waals surface area contributed by atoms with Crippen molar-refractivity contribution in [3.8, 4) is 0 Å². The molecule has 3 unspecified atom stereocenters. The summed E-state index contributed by atoms with van der Waals surface area (Å²) in [5, 5.41) is 2.94. The Morgan fingerprint density at radius 2 is 1.69 bits per heavy atom. The van der Waals surface area contributed by atoms with Gasteiger partial charge < -0.3 is 29.3 Å². The van der Waals surface area contributed by atoms with Crippen LogP contribution in [0.4, 0.5) is 5.69 Å². The average molecular weight is 536 g/mol. The first-order chi connectivity index (χ1) is 18.7. The number of piperazine rings is 1. The van der Waals surface area contributed by atoms with Crippen LogP contribution in [0.3, 0.4) is 0 Å². The van der Waals surface area contributed by atoms with Crippen LogP contribution in [0.2, 0.25) is 0 Å². The van der Waals surface area contributed by atoms with Gasteiger partial charge in [-0.2, -0.15) is 0 Å². The van der Waals surface area contributed by atoms with Crippen molar-refractivity contribution >= 4 is 29.2 Å². The number of nitrogens with zero attached hydrogens (tertiary/aromatic N) is 4. The molecule has 10 nitrogen and oxygen atoms in total. The van der Waals surface area contributed by atoms with Crippen LogP contribution in [0.25, 0.3) is 0 Å². The van der Waals surface area contributed by atoms with E-state index in [4.69, 9.17) is 4.42 Å². The standard InChI is InChI=1S/C29H37N5O5/c1-19(2)16-23(30-27(36)20-4-6-22(7-5-20)32-13-11-31(3)12-14-32)29(38)33-10-8-24-26(33)25(35)17-34(24)28(37)21-9-15-39-18-21/h4-7,9,15,18-19,23-24,26H,8,10-14,16-17H2,1-3H3,(H,30,36). The Morgan fingerprint density at radius 1 is 0.974 bits per heavy atom. The van der Waals surface area contributed by atoms with E-state index < -0.39 is 12.1 Å². The maximum atomic E-state index is 13.8. The van der Waals surface area contributed by atoms with Crippen molar-refractivity contribution in [1.29, 1.82) is 0 Å². The number of benzene rings is 1. The molecule has 10 heteroatoms. The number of hydrogen-bond acceptors (Lipinski definition) is 7. The normalized spacial score (nSPS) is 22.4. The van der Waals surface area contributed by atoms with Gasteiger partial charge in [0, 0.05) is 44.0 Å². The third-order valence-corrected chi connectivity index (χ3v) is 8.04. The number of ketones is 1. The SMILES string of the molecule is CC(C)CC(NC(=O)c1ccc(N2CCN(C)CC2)cc1)C(=O)N1CCC2C1C(=O)CN2C(=O)c1ccoc1. The van der Waals surface area contributed by atoms with Crippen molar-refractivity contribution in [3.05, 3.63) is 54.0 Å². The Bertz CT molecular complexity index is 1200. The molecule has 0 spiro atoms. The lowest BCUT2D eigenvalue weighted by atomic mass is 10.0. The van der Waals surface area contributed by atoms with E-state index in [0.717, 1.165) is 31.9 Å². The van der Waals surface area contributed by atoms with Gasteiger partial charge in [-0.25, -0.2) is 0 Å². The second-order valence-corrected chi connectivity index (χ2v) is 11.2. The van der Waals surface area contributed by atoms with Crippen molar-refractivity contribution in [2.45, 2.75) is 44.8 Å². The number of likely N-dealkylation sites (tertiary alicyclic amines) is 2. The zero-order valence-electron chi connectivity index (χ0n) is 22.8. The number of likely N-dealkylation sites (N-methyl/N-ethyl adjacent to an activating group) is 1. The molecule has 0 radical (unpaired) electrons. The maximum absolute atomic E-state index is 13.8. The van der Waals surface area contributed by atoms with Gasteiger partial charge in [0.05, 0.1) is 24.4 Å². The summed E-state index contributed by atoms with van der Waals surface area (Å²) in [6.45, 7) is 8.19. The van der Waals surface area contributed by atoms with Gasteiger partial charge in [-0.1, -0.05) is 13.8 Å². The number of Topliss-reactive ketones (excluding diaryl/α,β-unsaturated/α-hetero) is 1. The van der Waals surface area contributed by atoms with E-state index in [1.807, 2.05) is 26.0 Å². The Hall–Kier alpha value is -3.66. The zero-order chi connectivity index (χ0) is 27.7. The summed E-state index contributed by atoms with van der Waals surface area (Å²) in [5.41, 5.74) is 1.95. The lowest BCUT2D eigenvalue weighted by molar-refractivity contribution is -0.138. The number of carbonyl (C=O) groups is 4. The van der Waals surface area contributed by atoms with Gasteiger partial charge in [0.1, 0.15) is 18.3 Å². The number of carbonyl (C=O) groups excluding carboxylic acids is 4. The third kappa shape index (κ3) is 5.56. The van der Waals surface area contributed by atoms with Crippen LogP contribution in [0, 0.1) is 5.92 Å². The molecule has 208 valence electrons. The molecule has 3 aliphatic heterocycles. The smallest absolute Gasteiger partial charge is 0.257 e. The van der Waals surface area contributed by atoms with Crippen LogP contribution in [-0.2, 0) is 9.59 Å². The minimum absolute atomic E-state index is 0.0377. The third-order valence-electron chi connectivity index (χ3n) is 8.04. The number of nitrogens with one attached hydrogen (secondary N) is 1. The minimum Gasteiger partial charge on any atom is -0.472 e. The average Bonchev–Trinajstić information content (AvgIpc) is 3.67. The molecule has 2 aromatic rings. The predicted molar refractivity (Wildman–Crippen MR) is 146 cm³/mol. The Morgan fingerprint density at radius 3 is 2.33 bits per heavy atom. The van der Waals surface area contributed by atoms with Crippen LogP contribution in [0.15, 0.2) is 47.3 Å². The quantitative estimate of drug-likeness (QED) is 0.577. The highest BCUT2D eigenvalue weighted by Crippen LogP contribution is 2.32. The van der Waals surface area contributed by atoms with Crippen molar-refractivity contribution in [3.63, 3.8) is 0 Å². The van der Waals surface area contributed by atoms with Gasteiger partial charge in [-0.05, 0) is 56.1 Å². The lowest BCUT2D eigenvalue weighted by Crippen LogP contribution is -2.53. The fraction of sp³-hybridized carbons (Fsp3) is 0.517. The fourth-order valence-corrected chi connectivity index (χ4v) is 5.91. The first-order valence-electron chi connectivity index (χ1n) is 13.7. The molecular formula is C29H37N5O5. The van der Waals surface area contributed by atoms with E-state index in [0.29, 0.717) is 30.5 Å². The Labute approximate surface area is 228 Å². The largest absolute Gasteiger partial charge is 0.472 e. The molecule has 1 N–H and O–H groups in total. The molecule has 3 atom stereocenters. The fourth-order valence-electron chi connectivity index (χ4n) is 5.91. The predicted octanol–water partition coefficient (Wildman–Crippen LogP) is 1.87. The van der Waals surface area contributed by atoms with Gasteiger partial charge >= 0.3 is 0 Å². The van der Waals surface area contributed by atoms with Crippen LogP contribution in [0.5, 0.6) is 0 Å².